The maximum Gasteiger partial charge on any atom is 0.307 e. The highest BCUT2D eigenvalue weighted by Gasteiger charge is 2.41. The largest absolute Gasteiger partial charge is 0.493 e. The number of nitrogens with one attached hydrogen (secondary N) is 1. The lowest BCUT2D eigenvalue weighted by Gasteiger charge is -2.40. The number of amides is 2. The van der Waals surface area contributed by atoms with Gasteiger partial charge in [0.2, 0.25) is 11.8 Å². The molecule has 0 saturated heterocycles. The molecule has 3 heterocycles. The van der Waals surface area contributed by atoms with E-state index in [1.807, 2.05) is 33.9 Å². The van der Waals surface area contributed by atoms with Crippen LogP contribution in [0.3, 0.4) is 0 Å². The molecule has 3 N–H and O–H groups in total. The Morgan fingerprint density at radius 1 is 1.09 bits per heavy atom. The second-order valence-corrected chi connectivity index (χ2v) is 15.0. The molecule has 5 rings (SSSR count). The number of fused-ring (bicyclic) bond motifs is 3. The fraction of sp³-hybridized carbons (Fsp3) is 0.525. The molecule has 298 valence electrons. The SMILES string of the molecule is CC[C@H](C)[C@H](N)C(=O)N(Cc1ccc(OC)c(OC)c1)C(C)(C)C(=O)N[C@H](C)Cn1cc(COC(=O)CCn2c3c(c4cc(F)ccc42)CN(C)CC3)nn1. The van der Waals surface area contributed by atoms with Gasteiger partial charge in [0.25, 0.3) is 0 Å². The standard InChI is InChI=1S/C40H55FN8O6/c1-9-25(2)37(42)38(51)49(21-27-10-13-34(53-7)35(18-27)54-8)40(4,5)39(52)43-26(3)20-47-22-29(44-45-47)24-55-36(50)15-17-48-32-12-11-28(41)19-30(32)31-23-46(6)16-14-33(31)48/h10-13,18-19,22,25-26,37H,9,14-17,20-21,23-24,42H2,1-8H3,(H,43,52)/t25-,26+,37-/m0/s1. The van der Waals surface area contributed by atoms with E-state index in [1.165, 1.54) is 18.1 Å². The fourth-order valence-corrected chi connectivity index (χ4v) is 6.98. The summed E-state index contributed by atoms with van der Waals surface area (Å²) in [7, 11) is 5.13. The summed E-state index contributed by atoms with van der Waals surface area (Å²) in [6, 6.07) is 8.95. The van der Waals surface area contributed by atoms with Crippen LogP contribution in [0.1, 0.15) is 70.0 Å². The van der Waals surface area contributed by atoms with Crippen molar-refractivity contribution in [2.24, 2.45) is 11.7 Å². The molecule has 0 aliphatic carbocycles. The molecule has 0 saturated carbocycles. The van der Waals surface area contributed by atoms with Crippen molar-refractivity contribution < 1.29 is 33.0 Å². The first-order valence-corrected chi connectivity index (χ1v) is 18.8. The molecular weight excluding hydrogens is 707 g/mol. The monoisotopic (exact) mass is 762 g/mol. The van der Waals surface area contributed by atoms with Crippen molar-refractivity contribution >= 4 is 28.7 Å². The number of aryl methyl sites for hydroxylation is 1. The van der Waals surface area contributed by atoms with Crippen LogP contribution in [-0.2, 0) is 58.3 Å². The lowest BCUT2D eigenvalue weighted by Crippen LogP contribution is -2.61. The predicted molar refractivity (Wildman–Crippen MR) is 206 cm³/mol. The highest BCUT2D eigenvalue weighted by molar-refractivity contribution is 5.92. The van der Waals surface area contributed by atoms with Crippen molar-refractivity contribution in [3.05, 3.63) is 70.9 Å². The number of methoxy groups -OCH3 is 2. The first kappa shape index (κ1) is 41.1. The molecule has 0 bridgehead atoms. The number of carbonyl (C=O) groups is 3. The number of benzene rings is 2. The molecular formula is C40H55FN8O6. The van der Waals surface area contributed by atoms with Crippen LogP contribution < -0.4 is 20.5 Å². The molecule has 55 heavy (non-hydrogen) atoms. The van der Waals surface area contributed by atoms with Gasteiger partial charge in [-0.2, -0.15) is 0 Å². The van der Waals surface area contributed by atoms with E-state index in [2.05, 4.69) is 25.1 Å². The fourth-order valence-electron chi connectivity index (χ4n) is 6.98. The third-order valence-electron chi connectivity index (χ3n) is 10.6. The normalized spacial score (nSPS) is 14.9. The minimum Gasteiger partial charge on any atom is -0.493 e. The predicted octanol–water partition coefficient (Wildman–Crippen LogP) is 4.20. The third kappa shape index (κ3) is 9.45. The van der Waals surface area contributed by atoms with Crippen molar-refractivity contribution in [1.82, 2.24) is 34.7 Å². The average molecular weight is 763 g/mol. The molecule has 2 amide bonds. The highest BCUT2D eigenvalue weighted by Crippen LogP contribution is 2.32. The van der Waals surface area contributed by atoms with Crippen molar-refractivity contribution in [3.8, 4) is 11.5 Å². The molecule has 1 aliphatic rings. The molecule has 3 atom stereocenters. The van der Waals surface area contributed by atoms with Crippen LogP contribution in [0.2, 0.25) is 0 Å². The highest BCUT2D eigenvalue weighted by atomic mass is 19.1. The lowest BCUT2D eigenvalue weighted by atomic mass is 9.94. The van der Waals surface area contributed by atoms with E-state index in [-0.39, 0.29) is 55.6 Å². The van der Waals surface area contributed by atoms with Gasteiger partial charge in [-0.25, -0.2) is 4.39 Å². The van der Waals surface area contributed by atoms with Crippen molar-refractivity contribution in [2.45, 2.75) is 104 Å². The number of ether oxygens (including phenoxy) is 3. The van der Waals surface area contributed by atoms with Crippen LogP contribution in [0.25, 0.3) is 10.9 Å². The van der Waals surface area contributed by atoms with E-state index in [0.29, 0.717) is 30.2 Å². The Morgan fingerprint density at radius 2 is 1.84 bits per heavy atom. The molecule has 0 unspecified atom stereocenters. The first-order chi connectivity index (χ1) is 26.2. The summed E-state index contributed by atoms with van der Waals surface area (Å²) < 4.78 is 34.2. The lowest BCUT2D eigenvalue weighted by molar-refractivity contribution is -0.149. The summed E-state index contributed by atoms with van der Waals surface area (Å²) in [4.78, 5) is 44.3. The second-order valence-electron chi connectivity index (χ2n) is 15.0. The number of aromatic nitrogens is 4. The molecule has 4 aromatic rings. The molecule has 14 nitrogen and oxygen atoms in total. The Hall–Kier alpha value is -5.02. The number of likely N-dealkylation sites (N-methyl/N-ethyl adjacent to an activating group) is 1. The topological polar surface area (TPSA) is 159 Å². The van der Waals surface area contributed by atoms with Gasteiger partial charge in [0.1, 0.15) is 23.7 Å². The molecule has 0 spiro atoms. The molecule has 1 aliphatic heterocycles. The van der Waals surface area contributed by atoms with Gasteiger partial charge in [0.05, 0.1) is 39.4 Å². The number of nitrogens with zero attached hydrogens (tertiary/aromatic N) is 6. The average Bonchev–Trinajstić information content (AvgIpc) is 3.74. The molecule has 0 radical (unpaired) electrons. The number of carbonyl (C=O) groups excluding carboxylic acids is 3. The minimum atomic E-state index is -1.29. The van der Waals surface area contributed by atoms with Gasteiger partial charge in [-0.3, -0.25) is 19.1 Å². The van der Waals surface area contributed by atoms with Crippen LogP contribution >= 0.6 is 0 Å². The van der Waals surface area contributed by atoms with Gasteiger partial charge in [0.15, 0.2) is 11.5 Å². The summed E-state index contributed by atoms with van der Waals surface area (Å²) in [5.41, 5.74) is 9.50. The van der Waals surface area contributed by atoms with Crippen LogP contribution in [0.4, 0.5) is 4.39 Å². The number of esters is 1. The first-order valence-electron chi connectivity index (χ1n) is 18.8. The Morgan fingerprint density at radius 3 is 2.55 bits per heavy atom. The number of hydrogen-bond donors (Lipinski definition) is 2. The number of hydrogen-bond acceptors (Lipinski definition) is 10. The zero-order chi connectivity index (χ0) is 40.0. The molecule has 15 heteroatoms. The van der Waals surface area contributed by atoms with E-state index >= 15 is 0 Å². The summed E-state index contributed by atoms with van der Waals surface area (Å²) >= 11 is 0. The zero-order valence-electron chi connectivity index (χ0n) is 33.2. The van der Waals surface area contributed by atoms with E-state index in [0.717, 1.165) is 47.2 Å². The van der Waals surface area contributed by atoms with Crippen molar-refractivity contribution in [1.29, 1.82) is 0 Å². The summed E-state index contributed by atoms with van der Waals surface area (Å²) in [6.07, 6.45) is 3.33. The van der Waals surface area contributed by atoms with Gasteiger partial charge < -0.3 is 39.6 Å². The van der Waals surface area contributed by atoms with Crippen LogP contribution in [0, 0.1) is 11.7 Å². The van der Waals surface area contributed by atoms with Gasteiger partial charge >= 0.3 is 5.97 Å². The van der Waals surface area contributed by atoms with Crippen LogP contribution in [0.15, 0.2) is 42.6 Å². The molecule has 2 aromatic carbocycles. The van der Waals surface area contributed by atoms with Gasteiger partial charge in [0, 0.05) is 55.2 Å². The van der Waals surface area contributed by atoms with Crippen LogP contribution in [0.5, 0.6) is 11.5 Å². The van der Waals surface area contributed by atoms with E-state index in [1.54, 1.807) is 56.1 Å². The summed E-state index contributed by atoms with van der Waals surface area (Å²) in [5, 5.41) is 12.2. The Bertz CT molecular complexity index is 1990. The summed E-state index contributed by atoms with van der Waals surface area (Å²) in [5.74, 6) is -0.412. The Kier molecular flexibility index (Phi) is 13.2. The summed E-state index contributed by atoms with van der Waals surface area (Å²) in [6.45, 7) is 11.5. The van der Waals surface area contributed by atoms with E-state index in [9.17, 15) is 18.8 Å². The van der Waals surface area contributed by atoms with Gasteiger partial charge in [-0.1, -0.05) is 31.5 Å². The van der Waals surface area contributed by atoms with Gasteiger partial charge in [-0.05, 0) is 75.2 Å². The Labute approximate surface area is 322 Å². The molecule has 2 aromatic heterocycles. The molecule has 0 fully saturated rings. The number of rotatable bonds is 17. The maximum absolute atomic E-state index is 14.1. The van der Waals surface area contributed by atoms with E-state index < -0.39 is 17.6 Å². The zero-order valence-corrected chi connectivity index (χ0v) is 33.2. The number of halogens is 1. The number of nitrogens with two attached hydrogens (primary N) is 1. The maximum atomic E-state index is 14.1. The Balaban J connectivity index is 1.18. The van der Waals surface area contributed by atoms with Gasteiger partial charge in [-0.15, -0.1) is 5.10 Å². The second kappa shape index (κ2) is 17.6. The van der Waals surface area contributed by atoms with E-state index in [4.69, 9.17) is 19.9 Å². The van der Waals surface area contributed by atoms with Crippen molar-refractivity contribution in [2.75, 3.05) is 27.8 Å². The third-order valence-corrected chi connectivity index (χ3v) is 10.6. The minimum absolute atomic E-state index is 0.0587. The smallest absolute Gasteiger partial charge is 0.307 e. The quantitative estimate of drug-likeness (QED) is 0.150. The van der Waals surface area contributed by atoms with Crippen molar-refractivity contribution in [3.63, 3.8) is 0 Å². The van der Waals surface area contributed by atoms with Crippen LogP contribution in [-0.4, -0.2) is 92.6 Å².